The normalized spacial score (nSPS) is 14.5. The van der Waals surface area contributed by atoms with Crippen LogP contribution in [0.15, 0.2) is 23.4 Å². The molecule has 0 aliphatic carbocycles. The van der Waals surface area contributed by atoms with Crippen molar-refractivity contribution in [2.45, 2.75) is 6.92 Å². The molecule has 1 aromatic rings. The summed E-state index contributed by atoms with van der Waals surface area (Å²) in [7, 11) is 1.24. The summed E-state index contributed by atoms with van der Waals surface area (Å²) in [6.07, 6.45) is 0. The van der Waals surface area contributed by atoms with E-state index in [4.69, 9.17) is 33.0 Å². The molecule has 0 atom stereocenters. The molecule has 124 valence electrons. The van der Waals surface area contributed by atoms with Crippen LogP contribution >= 0.6 is 23.2 Å². The van der Waals surface area contributed by atoms with E-state index in [9.17, 15) is 9.59 Å². The number of aryl methyl sites for hydroxylation is 1. The molecule has 0 fully saturated rings. The Kier molecular flexibility index (Phi) is 5.51. The third-order valence-electron chi connectivity index (χ3n) is 3.46. The summed E-state index contributed by atoms with van der Waals surface area (Å²) >= 11 is 12.1. The molecule has 23 heavy (non-hydrogen) atoms. The van der Waals surface area contributed by atoms with Crippen LogP contribution in [0.2, 0.25) is 10.0 Å². The van der Waals surface area contributed by atoms with Crippen molar-refractivity contribution < 1.29 is 19.4 Å². The van der Waals surface area contributed by atoms with Crippen molar-refractivity contribution in [2.24, 2.45) is 0 Å². The van der Waals surface area contributed by atoms with Gasteiger partial charge in [0.05, 0.1) is 36.5 Å². The van der Waals surface area contributed by atoms with E-state index < -0.39 is 11.9 Å². The Hall–Kier alpha value is -1.76. The molecular weight excluding hydrogens is 343 g/mol. The first kappa shape index (κ1) is 17.6. The average molecular weight is 359 g/mol. The first-order chi connectivity index (χ1) is 10.9. The van der Waals surface area contributed by atoms with Gasteiger partial charge >= 0.3 is 5.97 Å². The summed E-state index contributed by atoms with van der Waals surface area (Å²) in [5, 5.41) is 12.8. The highest BCUT2D eigenvalue weighted by molar-refractivity contribution is 6.36. The minimum Gasteiger partial charge on any atom is -0.466 e. The van der Waals surface area contributed by atoms with Gasteiger partial charge in [-0.05, 0) is 24.6 Å². The smallest absolute Gasteiger partial charge is 0.337 e. The van der Waals surface area contributed by atoms with Crippen molar-refractivity contribution >= 4 is 40.8 Å². The number of carbonyl (C=O) groups excluding carboxylic acids is 2. The van der Waals surface area contributed by atoms with E-state index in [-0.39, 0.29) is 31.0 Å². The van der Waals surface area contributed by atoms with E-state index in [1.54, 1.807) is 19.1 Å². The summed E-state index contributed by atoms with van der Waals surface area (Å²) in [6.45, 7) is 1.77. The number of methoxy groups -OCH3 is 1. The zero-order valence-corrected chi connectivity index (χ0v) is 14.2. The summed E-state index contributed by atoms with van der Waals surface area (Å²) in [5.41, 5.74) is 1.51. The predicted octanol–water partition coefficient (Wildman–Crippen LogP) is 1.98. The third-order valence-corrected chi connectivity index (χ3v) is 3.97. The van der Waals surface area contributed by atoms with Crippen LogP contribution in [0.1, 0.15) is 5.56 Å². The highest BCUT2D eigenvalue weighted by atomic mass is 35.5. The van der Waals surface area contributed by atoms with Crippen LogP contribution in [0.5, 0.6) is 0 Å². The van der Waals surface area contributed by atoms with Gasteiger partial charge in [-0.1, -0.05) is 23.2 Å². The summed E-state index contributed by atoms with van der Waals surface area (Å²) in [4.78, 5) is 25.7. The van der Waals surface area contributed by atoms with Crippen LogP contribution in [0.25, 0.3) is 0 Å². The Balaban J connectivity index is 2.41. The maximum atomic E-state index is 12.4. The number of benzene rings is 1. The number of ether oxygens (including phenoxy) is 1. The Morgan fingerprint density at radius 3 is 2.70 bits per heavy atom. The second kappa shape index (κ2) is 7.21. The number of nitrogens with one attached hydrogen (secondary N) is 1. The summed E-state index contributed by atoms with van der Waals surface area (Å²) in [5.74, 6) is -1.01. The number of aliphatic hydroxyl groups excluding tert-OH is 1. The van der Waals surface area contributed by atoms with Crippen molar-refractivity contribution in [3.8, 4) is 0 Å². The number of aliphatic hydroxyl groups is 1. The number of carbonyl (C=O) groups is 2. The van der Waals surface area contributed by atoms with Gasteiger partial charge in [-0.25, -0.2) is 4.79 Å². The highest BCUT2D eigenvalue weighted by Gasteiger charge is 2.34. The number of amides is 1. The molecule has 0 aromatic heterocycles. The fourth-order valence-corrected chi connectivity index (χ4v) is 2.98. The summed E-state index contributed by atoms with van der Waals surface area (Å²) in [6, 6.07) is 3.24. The van der Waals surface area contributed by atoms with Crippen LogP contribution in [0.4, 0.5) is 5.69 Å². The predicted molar refractivity (Wildman–Crippen MR) is 87.5 cm³/mol. The van der Waals surface area contributed by atoms with Crippen LogP contribution in [0.3, 0.4) is 0 Å². The Morgan fingerprint density at radius 2 is 2.13 bits per heavy atom. The Labute approximate surface area is 143 Å². The summed E-state index contributed by atoms with van der Waals surface area (Å²) < 4.78 is 4.72. The highest BCUT2D eigenvalue weighted by Crippen LogP contribution is 2.32. The molecule has 0 bridgehead atoms. The first-order valence-corrected chi connectivity index (χ1v) is 7.59. The molecule has 0 saturated heterocycles. The molecule has 1 heterocycles. The van der Waals surface area contributed by atoms with Gasteiger partial charge in [0.25, 0.3) is 5.91 Å². The fourth-order valence-electron chi connectivity index (χ4n) is 2.33. The van der Waals surface area contributed by atoms with E-state index in [1.807, 2.05) is 0 Å². The maximum absolute atomic E-state index is 12.4. The van der Waals surface area contributed by atoms with E-state index in [2.05, 4.69) is 5.32 Å². The van der Waals surface area contributed by atoms with Gasteiger partial charge in [0, 0.05) is 11.6 Å². The zero-order valence-electron chi connectivity index (χ0n) is 12.7. The second-order valence-electron chi connectivity index (χ2n) is 5.00. The van der Waals surface area contributed by atoms with Gasteiger partial charge in [-0.3, -0.25) is 4.79 Å². The average Bonchev–Trinajstić information content (AvgIpc) is 2.79. The molecule has 0 radical (unpaired) electrons. The quantitative estimate of drug-likeness (QED) is 0.786. The van der Waals surface area contributed by atoms with E-state index in [0.29, 0.717) is 15.7 Å². The molecule has 0 spiro atoms. The number of β-amino-alcohol motifs (C(OH)–C–C–N with tert-alkyl or cyclic N) is 1. The van der Waals surface area contributed by atoms with Crippen molar-refractivity contribution in [2.75, 3.05) is 32.1 Å². The van der Waals surface area contributed by atoms with E-state index in [0.717, 1.165) is 5.56 Å². The third kappa shape index (κ3) is 3.60. The molecule has 1 aromatic carbocycles. The lowest BCUT2D eigenvalue weighted by atomic mass is 10.1. The number of hydrogen-bond donors (Lipinski definition) is 2. The van der Waals surface area contributed by atoms with Crippen molar-refractivity contribution in [3.63, 3.8) is 0 Å². The van der Waals surface area contributed by atoms with Gasteiger partial charge < -0.3 is 20.1 Å². The largest absolute Gasteiger partial charge is 0.466 e. The topological polar surface area (TPSA) is 78.9 Å². The molecule has 8 heteroatoms. The SMILES string of the molecule is COC(=O)C1=C(Nc2c(C)cc(Cl)cc2Cl)C(=O)N(CCO)C1. The van der Waals surface area contributed by atoms with Crippen molar-refractivity contribution in [3.05, 3.63) is 39.0 Å². The lowest BCUT2D eigenvalue weighted by Crippen LogP contribution is -2.31. The molecule has 1 aliphatic rings. The standard InChI is InChI=1S/C15H16Cl2N2O4/c1-8-5-9(16)6-11(17)12(8)18-13-10(15(22)23-2)7-19(3-4-20)14(13)21/h5-6,18,20H,3-4,7H2,1-2H3. The van der Waals surface area contributed by atoms with Crippen LogP contribution in [-0.2, 0) is 14.3 Å². The van der Waals surface area contributed by atoms with Gasteiger partial charge in [-0.15, -0.1) is 0 Å². The second-order valence-corrected chi connectivity index (χ2v) is 5.84. The number of nitrogens with zero attached hydrogens (tertiary/aromatic N) is 1. The molecule has 2 N–H and O–H groups in total. The van der Waals surface area contributed by atoms with Crippen LogP contribution in [0, 0.1) is 6.92 Å². The van der Waals surface area contributed by atoms with E-state index in [1.165, 1.54) is 12.0 Å². The zero-order chi connectivity index (χ0) is 17.1. The number of halogens is 2. The Bertz CT molecular complexity index is 665. The van der Waals surface area contributed by atoms with Crippen LogP contribution < -0.4 is 5.32 Å². The fraction of sp³-hybridized carbons (Fsp3) is 0.333. The molecular formula is C15H16Cl2N2O4. The minimum absolute atomic E-state index is 0.0681. The molecule has 1 aliphatic heterocycles. The van der Waals surface area contributed by atoms with Gasteiger partial charge in [0.15, 0.2) is 0 Å². The number of anilines is 1. The Morgan fingerprint density at radius 1 is 1.43 bits per heavy atom. The minimum atomic E-state index is -0.607. The lowest BCUT2D eigenvalue weighted by molar-refractivity contribution is -0.136. The molecule has 0 unspecified atom stereocenters. The van der Waals surface area contributed by atoms with Crippen LogP contribution in [-0.4, -0.2) is 48.7 Å². The van der Waals surface area contributed by atoms with Gasteiger partial charge in [0.2, 0.25) is 0 Å². The molecule has 6 nitrogen and oxygen atoms in total. The van der Waals surface area contributed by atoms with Crippen molar-refractivity contribution in [1.82, 2.24) is 4.90 Å². The molecule has 1 amide bonds. The molecule has 2 rings (SSSR count). The number of rotatable bonds is 5. The van der Waals surface area contributed by atoms with Crippen molar-refractivity contribution in [1.29, 1.82) is 0 Å². The lowest BCUT2D eigenvalue weighted by Gasteiger charge is -2.16. The maximum Gasteiger partial charge on any atom is 0.337 e. The van der Waals surface area contributed by atoms with Gasteiger partial charge in [-0.2, -0.15) is 0 Å². The number of esters is 1. The monoisotopic (exact) mass is 358 g/mol. The first-order valence-electron chi connectivity index (χ1n) is 6.83. The van der Waals surface area contributed by atoms with E-state index >= 15 is 0 Å². The number of hydrogen-bond acceptors (Lipinski definition) is 5. The van der Waals surface area contributed by atoms with Gasteiger partial charge in [0.1, 0.15) is 5.70 Å². The molecule has 0 saturated carbocycles.